The Hall–Kier alpha value is -5.28. The highest BCUT2D eigenvalue weighted by atomic mass is 35.5. The van der Waals surface area contributed by atoms with Crippen LogP contribution in [0.1, 0.15) is 83.0 Å². The Morgan fingerprint density at radius 1 is 0.500 bits per heavy atom. The Bertz CT molecular complexity index is 2470. The van der Waals surface area contributed by atoms with E-state index in [0.29, 0.717) is 0 Å². The number of halogens is 4. The van der Waals surface area contributed by atoms with E-state index in [4.69, 9.17) is 55.9 Å². The van der Waals surface area contributed by atoms with Gasteiger partial charge >= 0.3 is 11.9 Å². The first-order chi connectivity index (χ1) is 28.3. The third-order valence-corrected chi connectivity index (χ3v) is 11.9. The molecule has 2 aliphatic rings. The molecule has 2 heterocycles. The highest BCUT2D eigenvalue weighted by Gasteiger charge is 2.41. The van der Waals surface area contributed by atoms with Crippen LogP contribution in [0.15, 0.2) is 24.3 Å². The molecule has 18 heteroatoms. The van der Waals surface area contributed by atoms with E-state index in [1.807, 2.05) is 0 Å². The number of nitrogens with one attached hydrogen (secondary N) is 2. The van der Waals surface area contributed by atoms with Crippen LogP contribution >= 0.6 is 46.4 Å². The number of benzene rings is 5. The molecule has 2 aliphatic heterocycles. The molecule has 7 rings (SSSR count). The number of imide groups is 2. The summed E-state index contributed by atoms with van der Waals surface area (Å²) < 4.78 is 10.2. The molecule has 60 heavy (non-hydrogen) atoms. The summed E-state index contributed by atoms with van der Waals surface area (Å²) in [6.07, 6.45) is 0. The molecule has 0 unspecified atom stereocenters. The van der Waals surface area contributed by atoms with Crippen molar-refractivity contribution in [2.45, 2.75) is 53.6 Å². The lowest BCUT2D eigenvalue weighted by atomic mass is 9.82. The zero-order chi connectivity index (χ0) is 43.8. The first kappa shape index (κ1) is 42.8. The van der Waals surface area contributed by atoms with Crippen molar-refractivity contribution in [2.75, 3.05) is 26.3 Å². The summed E-state index contributed by atoms with van der Waals surface area (Å²) in [4.78, 5) is 110. The first-order valence-corrected chi connectivity index (χ1v) is 20.5. The molecule has 0 aromatic heterocycles. The molecule has 6 amide bonds. The summed E-state index contributed by atoms with van der Waals surface area (Å²) >= 11 is 28.2. The molecule has 312 valence electrons. The van der Waals surface area contributed by atoms with Crippen molar-refractivity contribution in [3.8, 4) is 0 Å². The lowest BCUT2D eigenvalue weighted by Crippen LogP contribution is -2.51. The van der Waals surface area contributed by atoms with Crippen LogP contribution in [0.5, 0.6) is 0 Å². The minimum Gasteiger partial charge on any atom is -0.464 e. The van der Waals surface area contributed by atoms with Crippen molar-refractivity contribution in [2.24, 2.45) is 11.8 Å². The summed E-state index contributed by atoms with van der Waals surface area (Å²) in [5.74, 6) is -7.05. The maximum absolute atomic E-state index is 14.2. The van der Waals surface area contributed by atoms with E-state index in [1.54, 1.807) is 41.5 Å². The second-order valence-corrected chi connectivity index (χ2v) is 16.7. The number of ether oxygens (including phenoxy) is 2. The quantitative estimate of drug-likeness (QED) is 0.0575. The van der Waals surface area contributed by atoms with Crippen LogP contribution < -0.4 is 10.6 Å². The maximum Gasteiger partial charge on any atom is 0.328 e. The molecule has 5 aromatic rings. The number of hydrogen-bond donors (Lipinski definition) is 2. The van der Waals surface area contributed by atoms with Crippen LogP contribution in [0.25, 0.3) is 43.1 Å². The van der Waals surface area contributed by atoms with Crippen LogP contribution in [0, 0.1) is 11.8 Å². The van der Waals surface area contributed by atoms with E-state index >= 15 is 0 Å². The van der Waals surface area contributed by atoms with Gasteiger partial charge in [-0.05, 0) is 49.9 Å². The third kappa shape index (κ3) is 6.73. The van der Waals surface area contributed by atoms with Crippen LogP contribution in [0.2, 0.25) is 20.1 Å². The minimum absolute atomic E-state index is 0.0151. The molecule has 2 atom stereocenters. The number of carbonyl (C=O) groups excluding carboxylic acids is 8. The van der Waals surface area contributed by atoms with Crippen molar-refractivity contribution < 1.29 is 47.8 Å². The van der Waals surface area contributed by atoms with E-state index in [9.17, 15) is 38.4 Å². The molecule has 0 fully saturated rings. The smallest absolute Gasteiger partial charge is 0.328 e. The second kappa shape index (κ2) is 16.0. The van der Waals surface area contributed by atoms with E-state index in [2.05, 4.69) is 10.6 Å². The molecule has 14 nitrogen and oxygen atoms in total. The summed E-state index contributed by atoms with van der Waals surface area (Å²) in [6.45, 7) is 8.75. The first-order valence-electron chi connectivity index (χ1n) is 19.0. The van der Waals surface area contributed by atoms with Gasteiger partial charge in [0.05, 0.1) is 35.5 Å². The lowest BCUT2D eigenvalue weighted by Gasteiger charge is -2.31. The maximum atomic E-state index is 14.2. The third-order valence-electron chi connectivity index (χ3n) is 10.7. The number of amides is 6. The van der Waals surface area contributed by atoms with Crippen molar-refractivity contribution in [3.05, 3.63) is 66.6 Å². The molecule has 0 saturated heterocycles. The Kier molecular flexibility index (Phi) is 11.4. The molecular formula is C42H36Cl4N4O10. The number of nitrogens with zero attached hydrogens (tertiary/aromatic N) is 2. The topological polar surface area (TPSA) is 186 Å². The Morgan fingerprint density at radius 3 is 1.00 bits per heavy atom. The van der Waals surface area contributed by atoms with Gasteiger partial charge in [-0.2, -0.15) is 0 Å². The molecular weight excluding hydrogens is 862 g/mol. The van der Waals surface area contributed by atoms with Gasteiger partial charge in [0.2, 0.25) is 11.8 Å². The summed E-state index contributed by atoms with van der Waals surface area (Å²) in [5, 5.41) is 6.85. The van der Waals surface area contributed by atoms with Gasteiger partial charge in [0.1, 0.15) is 25.2 Å². The lowest BCUT2D eigenvalue weighted by molar-refractivity contribution is -0.149. The number of esters is 2. The van der Waals surface area contributed by atoms with Gasteiger partial charge in [-0.3, -0.25) is 38.6 Å². The molecule has 0 aliphatic carbocycles. The monoisotopic (exact) mass is 896 g/mol. The average molecular weight is 899 g/mol. The largest absolute Gasteiger partial charge is 0.464 e. The Morgan fingerprint density at radius 2 is 0.767 bits per heavy atom. The predicted molar refractivity (Wildman–Crippen MR) is 225 cm³/mol. The summed E-state index contributed by atoms with van der Waals surface area (Å²) in [5.41, 5.74) is -0.137. The SMILES string of the molecule is CCOC(=O)[C@@H](NC(=O)CN1C(=O)c2cc(Cl)c3c4c(Cl)cc5c6c(cc(Cl)c(c7c(Cl)cc(c2c37)C1=O)c64)C(=O)N(CC(=O)N[C@H](C(=O)OCC)C(C)C)C5=O)C(C)C. The van der Waals surface area contributed by atoms with Gasteiger partial charge < -0.3 is 20.1 Å². The van der Waals surface area contributed by atoms with E-state index in [0.717, 1.165) is 9.80 Å². The van der Waals surface area contributed by atoms with Crippen molar-refractivity contribution in [1.82, 2.24) is 20.4 Å². The van der Waals surface area contributed by atoms with Gasteiger partial charge in [0.15, 0.2) is 0 Å². The van der Waals surface area contributed by atoms with Crippen LogP contribution in [0.3, 0.4) is 0 Å². The standard InChI is InChI=1S/C42H36Cl4N4O10/c1-7-59-41(57)35(15(3)4)47-25(51)13-49-37(53)17-9-21(43)29-31-23(45)11-19-28-20(40(56)50(39(19)55)14-26(52)48-36(16(5)6)42(58)60-8-2)12-24(46)32(34(28)31)30-22(44)10-18(38(49)54)27(17)33(29)30/h9-12,15-16,35-36H,7-8,13-14H2,1-6H3,(H,47,51)(H,48,52)/t35-,36-/m0/s1. The fourth-order valence-corrected chi connectivity index (χ4v) is 9.22. The van der Waals surface area contributed by atoms with Gasteiger partial charge in [-0.15, -0.1) is 0 Å². The van der Waals surface area contributed by atoms with Crippen LogP contribution in [0.4, 0.5) is 0 Å². The number of rotatable bonds is 12. The molecule has 0 radical (unpaired) electrons. The Balaban J connectivity index is 1.36. The zero-order valence-corrected chi connectivity index (χ0v) is 36.0. The van der Waals surface area contributed by atoms with E-state index < -0.39 is 72.6 Å². The Labute approximate surface area is 362 Å². The van der Waals surface area contributed by atoms with Gasteiger partial charge in [-0.1, -0.05) is 74.1 Å². The minimum atomic E-state index is -1.04. The van der Waals surface area contributed by atoms with Gasteiger partial charge in [-0.25, -0.2) is 9.59 Å². The van der Waals surface area contributed by atoms with Crippen molar-refractivity contribution in [1.29, 1.82) is 0 Å². The highest BCUT2D eigenvalue weighted by molar-refractivity contribution is 6.56. The number of hydrogen-bond acceptors (Lipinski definition) is 10. The second-order valence-electron chi connectivity index (χ2n) is 15.1. The van der Waals surface area contributed by atoms with Crippen molar-refractivity contribution in [3.63, 3.8) is 0 Å². The van der Waals surface area contributed by atoms with Crippen LogP contribution in [-0.2, 0) is 28.7 Å². The zero-order valence-electron chi connectivity index (χ0n) is 32.9. The average Bonchev–Trinajstić information content (AvgIpc) is 3.18. The normalized spacial score (nSPS) is 14.9. The molecule has 2 N–H and O–H groups in total. The van der Waals surface area contributed by atoms with Gasteiger partial charge in [0, 0.05) is 63.2 Å². The fourth-order valence-electron chi connectivity index (χ4n) is 8.03. The fraction of sp³-hybridized carbons (Fsp3) is 0.333. The van der Waals surface area contributed by atoms with E-state index in [-0.39, 0.29) is 110 Å². The number of carbonyl (C=O) groups is 8. The molecule has 0 spiro atoms. The summed E-state index contributed by atoms with van der Waals surface area (Å²) in [7, 11) is 0. The summed E-state index contributed by atoms with van der Waals surface area (Å²) in [6, 6.07) is 3.28. The molecule has 0 bridgehead atoms. The van der Waals surface area contributed by atoms with Crippen molar-refractivity contribution >= 4 is 137 Å². The van der Waals surface area contributed by atoms with E-state index in [1.165, 1.54) is 24.3 Å². The predicted octanol–water partition coefficient (Wildman–Crippen LogP) is 6.95. The van der Waals surface area contributed by atoms with Crippen LogP contribution in [-0.4, -0.2) is 95.6 Å². The molecule has 0 saturated carbocycles. The van der Waals surface area contributed by atoms with Gasteiger partial charge in [0.25, 0.3) is 23.6 Å². The molecule has 5 aromatic carbocycles. The number of fused-ring (bicyclic) bond motifs is 2. The highest BCUT2D eigenvalue weighted by Crippen LogP contribution is 2.53.